The number of phosphoric ester groups is 1. The Morgan fingerprint density at radius 2 is 1.02 bits per heavy atom. The van der Waals surface area contributed by atoms with Crippen molar-refractivity contribution in [2.45, 2.75) is 148 Å². The third-order valence-electron chi connectivity index (χ3n) is 7.99. The largest absolute Gasteiger partial charge is 0.472 e. The molecule has 10 nitrogen and oxygen atoms in total. The van der Waals surface area contributed by atoms with Gasteiger partial charge in [-0.05, 0) is 77.0 Å². The minimum absolute atomic E-state index is 0.107. The highest BCUT2D eigenvalue weighted by Gasteiger charge is 2.27. The smallest absolute Gasteiger partial charge is 0.462 e. The van der Waals surface area contributed by atoms with Crippen molar-refractivity contribution in [2.24, 2.45) is 0 Å². The second-order valence-electron chi connectivity index (χ2n) is 13.3. The molecule has 0 radical (unpaired) electrons. The van der Waals surface area contributed by atoms with Gasteiger partial charge in [-0.25, -0.2) is 4.57 Å². The molecular formula is C45H73O10P. The third kappa shape index (κ3) is 39.1. The van der Waals surface area contributed by atoms with Crippen LogP contribution < -0.4 is 0 Å². The number of esters is 2. The van der Waals surface area contributed by atoms with Crippen LogP contribution in [0.1, 0.15) is 136 Å². The van der Waals surface area contributed by atoms with Gasteiger partial charge in [-0.3, -0.25) is 18.6 Å². The van der Waals surface area contributed by atoms with Gasteiger partial charge in [-0.2, -0.15) is 0 Å². The number of carbonyl (C=O) groups is 2. The second kappa shape index (κ2) is 40.1. The van der Waals surface area contributed by atoms with Gasteiger partial charge in [0.2, 0.25) is 0 Å². The van der Waals surface area contributed by atoms with E-state index in [0.717, 1.165) is 83.5 Å². The normalized spacial score (nSPS) is 14.9. The number of hydrogen-bond donors (Lipinski definition) is 3. The van der Waals surface area contributed by atoms with Gasteiger partial charge in [-0.1, -0.05) is 143 Å². The van der Waals surface area contributed by atoms with E-state index >= 15 is 0 Å². The number of aliphatic hydroxyl groups is 2. The van der Waals surface area contributed by atoms with Crippen LogP contribution in [0, 0.1) is 0 Å². The zero-order chi connectivity index (χ0) is 41.2. The van der Waals surface area contributed by atoms with Gasteiger partial charge >= 0.3 is 19.8 Å². The SMILES string of the molecule is CC/C=C\C/C=C\C/C=C\C/C=C\C/C=C\C/C=C\CCC(=O)OC[C@H](COP(=O)(O)OC[C@@H](O)CO)OC(=O)CCCCCCC/C=C\C/C=C\CCCC. The first-order valence-corrected chi connectivity index (χ1v) is 22.2. The van der Waals surface area contributed by atoms with Gasteiger partial charge in [0.05, 0.1) is 19.8 Å². The summed E-state index contributed by atoms with van der Waals surface area (Å²) >= 11 is 0. The minimum Gasteiger partial charge on any atom is -0.462 e. The summed E-state index contributed by atoms with van der Waals surface area (Å²) in [6, 6.07) is 0. The number of aliphatic hydroxyl groups excluding tert-OH is 2. The summed E-state index contributed by atoms with van der Waals surface area (Å²) in [5.74, 6) is -1.05. The maximum atomic E-state index is 12.6. The molecule has 0 bridgehead atoms. The summed E-state index contributed by atoms with van der Waals surface area (Å²) in [7, 11) is -4.64. The molecule has 0 fully saturated rings. The van der Waals surface area contributed by atoms with E-state index in [-0.39, 0.29) is 19.4 Å². The molecule has 0 heterocycles. The summed E-state index contributed by atoms with van der Waals surface area (Å²) in [5.41, 5.74) is 0. The standard InChI is InChI=1S/C45H73O10P/c1-3-5-7-9-11-13-15-17-19-20-21-22-23-25-26-28-30-32-34-36-44(48)52-40-43(41-54-56(50,51)53-39-42(47)38-46)55-45(49)37-35-33-31-29-27-24-18-16-14-12-10-8-6-4-2/h5,7,10-13,16-19,21-22,25-26,30,32,42-43,46-47H,3-4,6,8-9,14-15,20,23-24,27-29,31,33-41H2,1-2H3,(H,50,51)/b7-5-,12-10-,13-11-,18-16-,19-17-,22-21-,26-25-,32-30-/t42-,43+/m0/s1. The molecule has 0 aromatic rings. The van der Waals surface area contributed by atoms with Gasteiger partial charge in [0, 0.05) is 12.8 Å². The summed E-state index contributed by atoms with van der Waals surface area (Å²) in [6.07, 6.45) is 48.1. The summed E-state index contributed by atoms with van der Waals surface area (Å²) in [6.45, 7) is 2.09. The predicted octanol–water partition coefficient (Wildman–Crippen LogP) is 10.8. The highest BCUT2D eigenvalue weighted by atomic mass is 31.2. The van der Waals surface area contributed by atoms with E-state index in [1.165, 1.54) is 12.8 Å². The molecule has 56 heavy (non-hydrogen) atoms. The minimum atomic E-state index is -4.64. The molecule has 0 aliphatic heterocycles. The quantitative estimate of drug-likeness (QED) is 0.0240. The molecule has 0 aliphatic rings. The second-order valence-corrected chi connectivity index (χ2v) is 14.7. The van der Waals surface area contributed by atoms with E-state index in [1.807, 2.05) is 12.2 Å². The van der Waals surface area contributed by atoms with E-state index in [9.17, 15) is 24.2 Å². The van der Waals surface area contributed by atoms with Crippen molar-refractivity contribution in [3.63, 3.8) is 0 Å². The number of hydrogen-bond acceptors (Lipinski definition) is 9. The van der Waals surface area contributed by atoms with Crippen LogP contribution in [0.25, 0.3) is 0 Å². The molecule has 1 unspecified atom stereocenters. The van der Waals surface area contributed by atoms with Crippen molar-refractivity contribution >= 4 is 19.8 Å². The van der Waals surface area contributed by atoms with Crippen molar-refractivity contribution in [2.75, 3.05) is 26.4 Å². The number of unbranched alkanes of at least 4 members (excludes halogenated alkanes) is 7. The predicted molar refractivity (Wildman–Crippen MR) is 228 cm³/mol. The molecule has 0 saturated heterocycles. The maximum absolute atomic E-state index is 12.6. The summed E-state index contributed by atoms with van der Waals surface area (Å²) in [4.78, 5) is 34.9. The topological polar surface area (TPSA) is 149 Å². The Bertz CT molecular complexity index is 1250. The molecule has 0 aromatic carbocycles. The summed E-state index contributed by atoms with van der Waals surface area (Å²) < 4.78 is 32.6. The molecule has 318 valence electrons. The molecule has 11 heteroatoms. The highest BCUT2D eigenvalue weighted by molar-refractivity contribution is 7.47. The van der Waals surface area contributed by atoms with E-state index in [0.29, 0.717) is 12.8 Å². The average molecular weight is 805 g/mol. The Morgan fingerprint density at radius 3 is 1.55 bits per heavy atom. The molecule has 0 rings (SSSR count). The van der Waals surface area contributed by atoms with Crippen LogP contribution in [-0.2, 0) is 32.7 Å². The molecule has 0 aromatic heterocycles. The molecule has 3 atom stereocenters. The fraction of sp³-hybridized carbons (Fsp3) is 0.600. The van der Waals surface area contributed by atoms with Crippen molar-refractivity contribution in [1.82, 2.24) is 0 Å². The van der Waals surface area contributed by atoms with Crippen LogP contribution in [-0.4, -0.2) is 65.7 Å². The third-order valence-corrected chi connectivity index (χ3v) is 8.94. The van der Waals surface area contributed by atoms with Gasteiger partial charge < -0.3 is 24.6 Å². The van der Waals surface area contributed by atoms with Crippen molar-refractivity contribution < 1.29 is 47.8 Å². The number of carbonyl (C=O) groups excluding carboxylic acids is 2. The summed E-state index contributed by atoms with van der Waals surface area (Å²) in [5, 5.41) is 18.3. The molecular weight excluding hydrogens is 731 g/mol. The Labute approximate surface area is 338 Å². The van der Waals surface area contributed by atoms with Gasteiger partial charge in [0.1, 0.15) is 12.7 Å². The molecule has 0 spiro atoms. The average Bonchev–Trinajstić information content (AvgIpc) is 3.19. The lowest BCUT2D eigenvalue weighted by Crippen LogP contribution is -2.29. The first-order valence-electron chi connectivity index (χ1n) is 20.7. The number of phosphoric acid groups is 1. The highest BCUT2D eigenvalue weighted by Crippen LogP contribution is 2.43. The van der Waals surface area contributed by atoms with Gasteiger partial charge in [0.25, 0.3) is 0 Å². The van der Waals surface area contributed by atoms with Crippen LogP contribution in [0.2, 0.25) is 0 Å². The Kier molecular flexibility index (Phi) is 37.9. The zero-order valence-corrected chi connectivity index (χ0v) is 35.2. The van der Waals surface area contributed by atoms with Gasteiger partial charge in [-0.15, -0.1) is 0 Å². The van der Waals surface area contributed by atoms with Crippen LogP contribution in [0.15, 0.2) is 97.2 Å². The lowest BCUT2D eigenvalue weighted by atomic mass is 10.1. The van der Waals surface area contributed by atoms with E-state index in [1.54, 1.807) is 0 Å². The van der Waals surface area contributed by atoms with Crippen LogP contribution in [0.5, 0.6) is 0 Å². The van der Waals surface area contributed by atoms with E-state index in [4.69, 9.17) is 19.1 Å². The maximum Gasteiger partial charge on any atom is 0.472 e. The first-order chi connectivity index (χ1) is 27.2. The Morgan fingerprint density at radius 1 is 0.554 bits per heavy atom. The molecule has 0 saturated carbocycles. The first kappa shape index (κ1) is 52.9. The molecule has 0 aliphatic carbocycles. The lowest BCUT2D eigenvalue weighted by molar-refractivity contribution is -0.161. The van der Waals surface area contributed by atoms with Gasteiger partial charge in [0.15, 0.2) is 6.10 Å². The fourth-order valence-corrected chi connectivity index (χ4v) is 5.59. The number of ether oxygens (including phenoxy) is 2. The van der Waals surface area contributed by atoms with Crippen LogP contribution in [0.3, 0.4) is 0 Å². The van der Waals surface area contributed by atoms with Crippen molar-refractivity contribution in [3.05, 3.63) is 97.2 Å². The Balaban J connectivity index is 4.49. The monoisotopic (exact) mass is 804 g/mol. The van der Waals surface area contributed by atoms with Crippen LogP contribution >= 0.6 is 7.82 Å². The number of allylic oxidation sites excluding steroid dienone is 16. The van der Waals surface area contributed by atoms with E-state index in [2.05, 4.69) is 103 Å². The molecule has 3 N–H and O–H groups in total. The van der Waals surface area contributed by atoms with Crippen molar-refractivity contribution in [1.29, 1.82) is 0 Å². The van der Waals surface area contributed by atoms with E-state index < -0.39 is 51.8 Å². The lowest BCUT2D eigenvalue weighted by Gasteiger charge is -2.20. The Hall–Kier alpha value is -3.11. The number of rotatable bonds is 37. The zero-order valence-electron chi connectivity index (χ0n) is 34.3. The molecule has 0 amide bonds. The van der Waals surface area contributed by atoms with Crippen molar-refractivity contribution in [3.8, 4) is 0 Å². The van der Waals surface area contributed by atoms with Crippen LogP contribution in [0.4, 0.5) is 0 Å². The fourth-order valence-electron chi connectivity index (χ4n) is 4.80.